The van der Waals surface area contributed by atoms with Crippen LogP contribution in [0.25, 0.3) is 16.8 Å². The summed E-state index contributed by atoms with van der Waals surface area (Å²) >= 11 is 1.02. The third-order valence-electron chi connectivity index (χ3n) is 6.29. The lowest BCUT2D eigenvalue weighted by atomic mass is 10.1. The summed E-state index contributed by atoms with van der Waals surface area (Å²) in [6, 6.07) is 28.2. The van der Waals surface area contributed by atoms with Gasteiger partial charge in [-0.2, -0.15) is 0 Å². The summed E-state index contributed by atoms with van der Waals surface area (Å²) < 4.78 is 16.8. The van der Waals surface area contributed by atoms with Gasteiger partial charge in [-0.05, 0) is 65.2 Å². The molecule has 8 heteroatoms. The predicted octanol–water partition coefficient (Wildman–Crippen LogP) is 7.13. The second-order valence-electron chi connectivity index (χ2n) is 9.02. The Morgan fingerprint density at radius 2 is 1.66 bits per heavy atom. The zero-order valence-corrected chi connectivity index (χ0v) is 23.3. The lowest BCUT2D eigenvalue weighted by Gasteiger charge is -2.12. The fraction of sp³-hybridized carbons (Fsp3) is 0.121. The Kier molecular flexibility index (Phi) is 8.50. The number of ether oxygens (including phenoxy) is 3. The molecule has 1 aliphatic heterocycles. The van der Waals surface area contributed by atoms with Gasteiger partial charge >= 0.3 is 5.97 Å². The molecule has 1 aliphatic rings. The molecule has 0 saturated heterocycles. The Bertz CT molecular complexity index is 1710. The molecular formula is C33H27NO6S. The van der Waals surface area contributed by atoms with Crippen molar-refractivity contribution in [1.82, 2.24) is 0 Å². The lowest BCUT2D eigenvalue weighted by molar-refractivity contribution is -0.138. The summed E-state index contributed by atoms with van der Waals surface area (Å²) in [7, 11) is 1.55. The number of nitrogens with zero attached hydrogens (tertiary/aromatic N) is 1. The highest BCUT2D eigenvalue weighted by Crippen LogP contribution is 2.40. The molecule has 7 nitrogen and oxygen atoms in total. The van der Waals surface area contributed by atoms with Gasteiger partial charge in [0.05, 0.1) is 18.6 Å². The Morgan fingerprint density at radius 3 is 2.41 bits per heavy atom. The van der Waals surface area contributed by atoms with Gasteiger partial charge in [-0.1, -0.05) is 72.4 Å². The largest absolute Gasteiger partial charge is 0.506 e. The molecule has 1 amide bonds. The molecule has 0 spiro atoms. The molecular weight excluding hydrogens is 538 g/mol. The maximum absolute atomic E-state index is 12.7. The van der Waals surface area contributed by atoms with Crippen molar-refractivity contribution >= 4 is 45.5 Å². The van der Waals surface area contributed by atoms with Crippen LogP contribution in [0.5, 0.6) is 11.5 Å². The van der Waals surface area contributed by atoms with E-state index in [0.717, 1.165) is 28.1 Å². The first-order valence-electron chi connectivity index (χ1n) is 12.9. The van der Waals surface area contributed by atoms with E-state index in [1.54, 1.807) is 62.6 Å². The normalized spacial score (nSPS) is 15.0. The number of benzene rings is 4. The number of carbonyl (C=O) groups excluding carboxylic acids is 2. The van der Waals surface area contributed by atoms with Crippen LogP contribution in [0, 0.1) is 0 Å². The molecule has 0 radical (unpaired) electrons. The van der Waals surface area contributed by atoms with Crippen molar-refractivity contribution < 1.29 is 28.9 Å². The summed E-state index contributed by atoms with van der Waals surface area (Å²) in [5.41, 5.74) is 1.94. The first-order valence-corrected chi connectivity index (χ1v) is 13.8. The molecule has 0 aromatic heterocycles. The zero-order chi connectivity index (χ0) is 28.8. The number of amides is 1. The number of aliphatic hydroxyl groups is 1. The van der Waals surface area contributed by atoms with Crippen LogP contribution in [0.1, 0.15) is 28.4 Å². The standard InChI is InChI=1S/C33H27NO6S/c1-3-39-33(37)29-30(35)28(41-32(29)34-31(36)24-10-5-4-6-11-24)19-21-14-16-26(27(18-21)38-2)40-20-22-13-15-23-9-7-8-12-25(23)17-22/h4-19,35H,3,20H2,1-2H3/b28-19-,34-32?. The van der Waals surface area contributed by atoms with Gasteiger partial charge in [0.15, 0.2) is 11.5 Å². The minimum absolute atomic E-state index is 0.0726. The minimum atomic E-state index is -0.754. The molecule has 5 rings (SSSR count). The summed E-state index contributed by atoms with van der Waals surface area (Å²) in [5.74, 6) is -0.521. The van der Waals surface area contributed by atoms with Crippen molar-refractivity contribution in [3.63, 3.8) is 0 Å². The number of aliphatic hydroxyl groups excluding tert-OH is 1. The topological polar surface area (TPSA) is 94.4 Å². The quantitative estimate of drug-likeness (QED) is 0.227. The molecule has 0 bridgehead atoms. The fourth-order valence-corrected chi connectivity index (χ4v) is 5.28. The van der Waals surface area contributed by atoms with Crippen molar-refractivity contribution in [2.75, 3.05) is 13.7 Å². The molecule has 0 saturated carbocycles. The van der Waals surface area contributed by atoms with Gasteiger partial charge in [-0.25, -0.2) is 9.79 Å². The van der Waals surface area contributed by atoms with E-state index >= 15 is 0 Å². The van der Waals surface area contributed by atoms with Gasteiger partial charge in [0.1, 0.15) is 23.0 Å². The molecule has 0 aliphatic carbocycles. The summed E-state index contributed by atoms with van der Waals surface area (Å²) in [6.07, 6.45) is 1.68. The molecule has 4 aromatic rings. The number of methoxy groups -OCH3 is 1. The zero-order valence-electron chi connectivity index (χ0n) is 22.5. The van der Waals surface area contributed by atoms with Crippen LogP contribution >= 0.6 is 11.8 Å². The highest BCUT2D eigenvalue weighted by Gasteiger charge is 2.34. The molecule has 0 atom stereocenters. The molecule has 0 unspecified atom stereocenters. The molecule has 1 heterocycles. The van der Waals surface area contributed by atoms with E-state index in [2.05, 4.69) is 29.3 Å². The van der Waals surface area contributed by atoms with Crippen LogP contribution in [0.2, 0.25) is 0 Å². The van der Waals surface area contributed by atoms with Crippen LogP contribution in [0.15, 0.2) is 112 Å². The van der Waals surface area contributed by atoms with Crippen molar-refractivity contribution in [1.29, 1.82) is 0 Å². The number of hydrogen-bond acceptors (Lipinski definition) is 7. The van der Waals surface area contributed by atoms with Crippen molar-refractivity contribution in [2.24, 2.45) is 4.99 Å². The Labute approximate surface area is 241 Å². The summed E-state index contributed by atoms with van der Waals surface area (Å²) in [4.78, 5) is 29.9. The van der Waals surface area contributed by atoms with Crippen molar-refractivity contribution in [3.05, 3.63) is 124 Å². The highest BCUT2D eigenvalue weighted by molar-refractivity contribution is 8.18. The average molecular weight is 566 g/mol. The first kappa shape index (κ1) is 27.7. The van der Waals surface area contributed by atoms with Gasteiger partial charge < -0.3 is 19.3 Å². The van der Waals surface area contributed by atoms with Crippen LogP contribution in [0.4, 0.5) is 0 Å². The Morgan fingerprint density at radius 1 is 0.902 bits per heavy atom. The number of thioether (sulfide) groups is 1. The SMILES string of the molecule is CCOC(=O)C1=C(O)/C(=C/c2ccc(OCc3ccc4ccccc4c3)c(OC)c2)SC1=NC(=O)c1ccccc1. The maximum Gasteiger partial charge on any atom is 0.344 e. The van der Waals surface area contributed by atoms with Gasteiger partial charge in [-0.15, -0.1) is 0 Å². The second-order valence-corrected chi connectivity index (χ2v) is 10.1. The Balaban J connectivity index is 1.39. The van der Waals surface area contributed by atoms with Crippen LogP contribution < -0.4 is 9.47 Å². The smallest absolute Gasteiger partial charge is 0.344 e. The van der Waals surface area contributed by atoms with Gasteiger partial charge in [0.25, 0.3) is 5.91 Å². The second kappa shape index (κ2) is 12.6. The first-order chi connectivity index (χ1) is 20.0. The Hall–Kier alpha value is -4.82. The van der Waals surface area contributed by atoms with Gasteiger partial charge in [0, 0.05) is 5.56 Å². The van der Waals surface area contributed by atoms with Crippen LogP contribution in [-0.2, 0) is 16.1 Å². The van der Waals surface area contributed by atoms with Crippen LogP contribution in [-0.4, -0.2) is 35.7 Å². The third kappa shape index (κ3) is 6.34. The number of fused-ring (bicyclic) bond motifs is 1. The number of hydrogen-bond donors (Lipinski definition) is 1. The molecule has 0 fully saturated rings. The van der Waals surface area contributed by atoms with E-state index in [9.17, 15) is 14.7 Å². The molecule has 1 N–H and O–H groups in total. The van der Waals surface area contributed by atoms with E-state index in [0.29, 0.717) is 34.1 Å². The highest BCUT2D eigenvalue weighted by atomic mass is 32.2. The summed E-state index contributed by atoms with van der Waals surface area (Å²) in [5, 5.41) is 13.3. The van der Waals surface area contributed by atoms with Gasteiger partial charge in [0.2, 0.25) is 0 Å². The maximum atomic E-state index is 12.7. The van der Waals surface area contributed by atoms with Crippen LogP contribution in [0.3, 0.4) is 0 Å². The number of carbonyl (C=O) groups is 2. The molecule has 41 heavy (non-hydrogen) atoms. The van der Waals surface area contributed by atoms with E-state index in [-0.39, 0.29) is 23.0 Å². The van der Waals surface area contributed by atoms with Crippen molar-refractivity contribution in [3.8, 4) is 11.5 Å². The third-order valence-corrected chi connectivity index (χ3v) is 7.31. The fourth-order valence-electron chi connectivity index (χ4n) is 4.26. The molecule has 4 aromatic carbocycles. The number of esters is 1. The van der Waals surface area contributed by atoms with E-state index in [1.807, 2.05) is 24.3 Å². The number of rotatable bonds is 8. The van der Waals surface area contributed by atoms with E-state index in [1.165, 1.54) is 0 Å². The average Bonchev–Trinajstić information content (AvgIpc) is 3.30. The summed E-state index contributed by atoms with van der Waals surface area (Å²) in [6.45, 7) is 2.13. The van der Waals surface area contributed by atoms with E-state index in [4.69, 9.17) is 14.2 Å². The lowest BCUT2D eigenvalue weighted by Crippen LogP contribution is -2.14. The van der Waals surface area contributed by atoms with Gasteiger partial charge in [-0.3, -0.25) is 4.79 Å². The number of aliphatic imine (C=N–C) groups is 1. The minimum Gasteiger partial charge on any atom is -0.506 e. The molecule has 206 valence electrons. The predicted molar refractivity (Wildman–Crippen MR) is 161 cm³/mol. The van der Waals surface area contributed by atoms with E-state index < -0.39 is 11.9 Å². The monoisotopic (exact) mass is 565 g/mol. The van der Waals surface area contributed by atoms with Crippen molar-refractivity contribution in [2.45, 2.75) is 13.5 Å².